The van der Waals surface area contributed by atoms with Crippen molar-refractivity contribution in [2.75, 3.05) is 14.2 Å². The first-order valence-electron chi connectivity index (χ1n) is 11.1. The molecule has 0 atom stereocenters. The highest BCUT2D eigenvalue weighted by molar-refractivity contribution is 6.16. The SMILES string of the molecule is COC(=O)C1=C(C)N(Cc2ccc(OC)cc2)C(=O)/C1=C/c1cc(C)n(-c2ccccc2)c1C. The smallest absolute Gasteiger partial charge is 0.340 e. The summed E-state index contributed by atoms with van der Waals surface area (Å²) in [5, 5.41) is 0. The maximum atomic E-state index is 13.5. The Morgan fingerprint density at radius 3 is 2.26 bits per heavy atom. The number of aryl methyl sites for hydroxylation is 1. The normalized spacial score (nSPS) is 14.8. The van der Waals surface area contributed by atoms with E-state index in [1.54, 1.807) is 25.0 Å². The van der Waals surface area contributed by atoms with Gasteiger partial charge in [0.25, 0.3) is 5.91 Å². The molecule has 6 heteroatoms. The Labute approximate surface area is 199 Å². The van der Waals surface area contributed by atoms with Crippen LogP contribution in [0.1, 0.15) is 29.4 Å². The molecular formula is C28H28N2O4. The lowest BCUT2D eigenvalue weighted by Crippen LogP contribution is -2.24. The third kappa shape index (κ3) is 4.15. The molecule has 0 aliphatic carbocycles. The minimum Gasteiger partial charge on any atom is -0.497 e. The summed E-state index contributed by atoms with van der Waals surface area (Å²) in [5.74, 6) is -0.00204. The summed E-state index contributed by atoms with van der Waals surface area (Å²) >= 11 is 0. The Hall–Kier alpha value is -4.06. The first-order chi connectivity index (χ1) is 16.3. The molecule has 0 unspecified atom stereocenters. The Kier molecular flexibility index (Phi) is 6.41. The van der Waals surface area contributed by atoms with Crippen molar-refractivity contribution in [3.63, 3.8) is 0 Å². The van der Waals surface area contributed by atoms with Crippen LogP contribution in [0.4, 0.5) is 0 Å². The van der Waals surface area contributed by atoms with Crippen LogP contribution in [0.3, 0.4) is 0 Å². The zero-order valence-corrected chi connectivity index (χ0v) is 20.1. The lowest BCUT2D eigenvalue weighted by molar-refractivity contribution is -0.136. The zero-order chi connectivity index (χ0) is 24.4. The van der Waals surface area contributed by atoms with Crippen molar-refractivity contribution in [3.05, 3.63) is 100 Å². The van der Waals surface area contributed by atoms with Gasteiger partial charge in [-0.25, -0.2) is 4.79 Å². The summed E-state index contributed by atoms with van der Waals surface area (Å²) in [6.07, 6.45) is 1.80. The number of hydrogen-bond donors (Lipinski definition) is 0. The van der Waals surface area contributed by atoms with Crippen LogP contribution in [0, 0.1) is 13.8 Å². The predicted octanol–water partition coefficient (Wildman–Crippen LogP) is 4.98. The number of aromatic nitrogens is 1. The quantitative estimate of drug-likeness (QED) is 0.388. The molecule has 0 radical (unpaired) electrons. The number of carbonyl (C=O) groups is 2. The Bertz CT molecular complexity index is 1300. The third-order valence-corrected chi connectivity index (χ3v) is 6.19. The van der Waals surface area contributed by atoms with Crippen LogP contribution in [0.2, 0.25) is 0 Å². The van der Waals surface area contributed by atoms with Crippen LogP contribution in [0.25, 0.3) is 11.8 Å². The number of nitrogens with zero attached hydrogens (tertiary/aromatic N) is 2. The van der Waals surface area contributed by atoms with E-state index in [1.807, 2.05) is 74.5 Å². The average molecular weight is 457 g/mol. The molecular weight excluding hydrogens is 428 g/mol. The number of carbonyl (C=O) groups excluding carboxylic acids is 2. The summed E-state index contributed by atoms with van der Waals surface area (Å²) in [4.78, 5) is 27.9. The van der Waals surface area contributed by atoms with Gasteiger partial charge in [0.2, 0.25) is 0 Å². The Morgan fingerprint density at radius 2 is 1.65 bits per heavy atom. The number of methoxy groups -OCH3 is 2. The fourth-order valence-corrected chi connectivity index (χ4v) is 4.40. The van der Waals surface area contributed by atoms with Crippen LogP contribution >= 0.6 is 0 Å². The number of para-hydroxylation sites is 1. The summed E-state index contributed by atoms with van der Waals surface area (Å²) < 4.78 is 12.4. The van der Waals surface area contributed by atoms with E-state index in [0.29, 0.717) is 23.4 Å². The van der Waals surface area contributed by atoms with Crippen LogP contribution in [0.5, 0.6) is 5.75 Å². The average Bonchev–Trinajstić information content (AvgIpc) is 3.26. The van der Waals surface area contributed by atoms with Crippen molar-refractivity contribution in [3.8, 4) is 11.4 Å². The second-order valence-corrected chi connectivity index (χ2v) is 8.25. The van der Waals surface area contributed by atoms with Crippen molar-refractivity contribution in [2.45, 2.75) is 27.3 Å². The molecule has 0 saturated heterocycles. The highest BCUT2D eigenvalue weighted by Gasteiger charge is 2.37. The van der Waals surface area contributed by atoms with Gasteiger partial charge in [-0.2, -0.15) is 0 Å². The van der Waals surface area contributed by atoms with Gasteiger partial charge in [-0.1, -0.05) is 30.3 Å². The molecule has 0 bridgehead atoms. The number of esters is 1. The van der Waals surface area contributed by atoms with Gasteiger partial charge in [-0.05, 0) is 68.3 Å². The number of hydrogen-bond acceptors (Lipinski definition) is 4. The number of rotatable bonds is 6. The van der Waals surface area contributed by atoms with Crippen LogP contribution in [0.15, 0.2) is 77.5 Å². The van der Waals surface area contributed by atoms with Crippen LogP contribution in [-0.2, 0) is 20.9 Å². The van der Waals surface area contributed by atoms with E-state index >= 15 is 0 Å². The van der Waals surface area contributed by atoms with E-state index in [-0.39, 0.29) is 5.91 Å². The third-order valence-electron chi connectivity index (χ3n) is 6.19. The first kappa shape index (κ1) is 23.1. The van der Waals surface area contributed by atoms with Crippen molar-refractivity contribution in [1.29, 1.82) is 0 Å². The number of ether oxygens (including phenoxy) is 2. The molecule has 34 heavy (non-hydrogen) atoms. The summed E-state index contributed by atoms with van der Waals surface area (Å²) in [6, 6.07) is 19.6. The molecule has 6 nitrogen and oxygen atoms in total. The molecule has 0 fully saturated rings. The fourth-order valence-electron chi connectivity index (χ4n) is 4.40. The number of amides is 1. The van der Waals surface area contributed by atoms with Gasteiger partial charge in [-0.3, -0.25) is 4.79 Å². The topological polar surface area (TPSA) is 60.8 Å². The fraction of sp³-hybridized carbons (Fsp3) is 0.214. The molecule has 0 saturated carbocycles. The van der Waals surface area contributed by atoms with Gasteiger partial charge in [0.15, 0.2) is 0 Å². The lowest BCUT2D eigenvalue weighted by Gasteiger charge is -2.18. The largest absolute Gasteiger partial charge is 0.497 e. The van der Waals surface area contributed by atoms with Crippen molar-refractivity contribution >= 4 is 18.0 Å². The van der Waals surface area contributed by atoms with Crippen LogP contribution < -0.4 is 4.74 Å². The molecule has 1 aliphatic heterocycles. The Balaban J connectivity index is 1.75. The van der Waals surface area contributed by atoms with Crippen molar-refractivity contribution in [2.24, 2.45) is 0 Å². The molecule has 1 aliphatic rings. The predicted molar refractivity (Wildman–Crippen MR) is 131 cm³/mol. The van der Waals surface area contributed by atoms with Gasteiger partial charge in [0.05, 0.1) is 31.9 Å². The molecule has 1 aromatic heterocycles. The second kappa shape index (κ2) is 9.43. The monoisotopic (exact) mass is 456 g/mol. The second-order valence-electron chi connectivity index (χ2n) is 8.25. The van der Waals surface area contributed by atoms with E-state index in [1.165, 1.54) is 7.11 Å². The van der Waals surface area contributed by atoms with Gasteiger partial charge in [0.1, 0.15) is 5.75 Å². The standard InChI is InChI=1S/C28H28N2O4/c1-18-15-22(19(2)30(18)23-9-7-6-8-10-23)16-25-26(28(32)34-5)20(3)29(27(25)31)17-21-11-13-24(33-4)14-12-21/h6-16H,17H2,1-5H3/b25-16+. The highest BCUT2D eigenvalue weighted by Crippen LogP contribution is 2.34. The van der Waals surface area contributed by atoms with Crippen LogP contribution in [-0.4, -0.2) is 35.6 Å². The van der Waals surface area contributed by atoms with Crippen molar-refractivity contribution < 1.29 is 19.1 Å². The molecule has 4 rings (SSSR count). The van der Waals surface area contributed by atoms with E-state index in [4.69, 9.17) is 9.47 Å². The summed E-state index contributed by atoms with van der Waals surface area (Å²) in [5.41, 5.74) is 6.09. The van der Waals surface area contributed by atoms with Gasteiger partial charge in [0, 0.05) is 22.8 Å². The molecule has 2 aromatic carbocycles. The summed E-state index contributed by atoms with van der Waals surface area (Å²) in [6.45, 7) is 6.16. The van der Waals surface area contributed by atoms with E-state index in [2.05, 4.69) is 4.57 Å². The van der Waals surface area contributed by atoms with E-state index in [9.17, 15) is 9.59 Å². The minimum absolute atomic E-state index is 0.224. The van der Waals surface area contributed by atoms with E-state index in [0.717, 1.165) is 34.0 Å². The maximum absolute atomic E-state index is 13.5. The maximum Gasteiger partial charge on any atom is 0.340 e. The molecule has 0 spiro atoms. The highest BCUT2D eigenvalue weighted by atomic mass is 16.5. The zero-order valence-electron chi connectivity index (χ0n) is 20.1. The Morgan fingerprint density at radius 1 is 0.971 bits per heavy atom. The molecule has 174 valence electrons. The lowest BCUT2D eigenvalue weighted by atomic mass is 10.0. The number of allylic oxidation sites excluding steroid dienone is 1. The van der Waals surface area contributed by atoms with Gasteiger partial charge >= 0.3 is 5.97 Å². The number of benzene rings is 2. The summed E-state index contributed by atoms with van der Waals surface area (Å²) in [7, 11) is 2.94. The molecule has 3 aromatic rings. The minimum atomic E-state index is -0.522. The molecule has 1 amide bonds. The molecule has 2 heterocycles. The van der Waals surface area contributed by atoms with Gasteiger partial charge < -0.3 is 18.9 Å². The van der Waals surface area contributed by atoms with E-state index < -0.39 is 5.97 Å². The first-order valence-corrected chi connectivity index (χ1v) is 11.1. The van der Waals surface area contributed by atoms with Crippen molar-refractivity contribution in [1.82, 2.24) is 9.47 Å². The molecule has 0 N–H and O–H groups in total. The van der Waals surface area contributed by atoms with Gasteiger partial charge in [-0.15, -0.1) is 0 Å².